The molecule has 0 aromatic heterocycles. The highest BCUT2D eigenvalue weighted by molar-refractivity contribution is 6.05. The highest BCUT2D eigenvalue weighted by Crippen LogP contribution is 2.38. The average molecular weight is 381 g/mol. The smallest absolute Gasteiger partial charge is 0.255 e. The van der Waals surface area contributed by atoms with Gasteiger partial charge in [0.2, 0.25) is 5.91 Å². The first kappa shape index (κ1) is 19.4. The number of rotatable bonds is 5. The second kappa shape index (κ2) is 7.34. The third kappa shape index (κ3) is 3.98. The van der Waals surface area contributed by atoms with Crippen LogP contribution in [0.1, 0.15) is 40.1 Å². The molecular formula is C21H23N3O4. The molecule has 0 aliphatic carbocycles. The first-order chi connectivity index (χ1) is 13.2. The Bertz CT molecular complexity index is 952. The van der Waals surface area contributed by atoms with Gasteiger partial charge in [0, 0.05) is 34.8 Å². The standard InChI is InChI=1S/C21H23N3O4/c1-21(2)12-28-17-8-7-13(10-16(17)21)19(26)23-15-6-4-5-14(9-15)20(27)24(3)11-18(22)25/h4-10H,11-12H2,1-3H3,(H2,22,25)(H,23,26). The number of carbonyl (C=O) groups is 3. The van der Waals surface area contributed by atoms with Crippen LogP contribution in [0.3, 0.4) is 0 Å². The minimum atomic E-state index is -0.594. The lowest BCUT2D eigenvalue weighted by Gasteiger charge is -2.16. The fourth-order valence-electron chi connectivity index (χ4n) is 3.12. The summed E-state index contributed by atoms with van der Waals surface area (Å²) >= 11 is 0. The molecule has 0 fully saturated rings. The molecule has 2 aromatic carbocycles. The number of hydrogen-bond acceptors (Lipinski definition) is 4. The van der Waals surface area contributed by atoms with Gasteiger partial charge < -0.3 is 20.7 Å². The molecule has 3 N–H and O–H groups in total. The van der Waals surface area contributed by atoms with Gasteiger partial charge in [-0.25, -0.2) is 0 Å². The van der Waals surface area contributed by atoms with Gasteiger partial charge in [0.25, 0.3) is 11.8 Å². The number of benzene rings is 2. The molecule has 0 spiro atoms. The maximum atomic E-state index is 12.7. The van der Waals surface area contributed by atoms with Crippen molar-refractivity contribution in [1.82, 2.24) is 4.90 Å². The first-order valence-electron chi connectivity index (χ1n) is 8.90. The summed E-state index contributed by atoms with van der Waals surface area (Å²) in [4.78, 5) is 37.3. The van der Waals surface area contributed by atoms with E-state index >= 15 is 0 Å². The zero-order chi connectivity index (χ0) is 20.5. The van der Waals surface area contributed by atoms with E-state index in [2.05, 4.69) is 19.2 Å². The summed E-state index contributed by atoms with van der Waals surface area (Å²) in [5.74, 6) is -0.428. The molecule has 7 nitrogen and oxygen atoms in total. The van der Waals surface area contributed by atoms with Gasteiger partial charge in [0.1, 0.15) is 5.75 Å². The zero-order valence-corrected chi connectivity index (χ0v) is 16.1. The predicted molar refractivity (Wildman–Crippen MR) is 106 cm³/mol. The Morgan fingerprint density at radius 2 is 1.89 bits per heavy atom. The van der Waals surface area contributed by atoms with Crippen molar-refractivity contribution in [2.24, 2.45) is 5.73 Å². The van der Waals surface area contributed by atoms with Gasteiger partial charge >= 0.3 is 0 Å². The second-order valence-electron chi connectivity index (χ2n) is 7.55. The topological polar surface area (TPSA) is 102 Å². The number of carbonyl (C=O) groups excluding carboxylic acids is 3. The van der Waals surface area contributed by atoms with Gasteiger partial charge in [-0.3, -0.25) is 14.4 Å². The molecule has 0 saturated carbocycles. The molecule has 146 valence electrons. The van der Waals surface area contributed by atoms with Gasteiger partial charge in [-0.2, -0.15) is 0 Å². The number of amides is 3. The van der Waals surface area contributed by atoms with E-state index in [0.717, 1.165) is 11.3 Å². The number of likely N-dealkylation sites (N-methyl/N-ethyl adjacent to an activating group) is 1. The molecule has 0 unspecified atom stereocenters. The monoisotopic (exact) mass is 381 g/mol. The van der Waals surface area contributed by atoms with Gasteiger partial charge in [-0.1, -0.05) is 19.9 Å². The maximum Gasteiger partial charge on any atom is 0.255 e. The fraction of sp³-hybridized carbons (Fsp3) is 0.286. The summed E-state index contributed by atoms with van der Waals surface area (Å²) in [5.41, 5.74) is 7.33. The summed E-state index contributed by atoms with van der Waals surface area (Å²) in [6.45, 7) is 4.54. The lowest BCUT2D eigenvalue weighted by Crippen LogP contribution is -2.35. The van der Waals surface area contributed by atoms with Crippen LogP contribution in [-0.2, 0) is 10.2 Å². The van der Waals surface area contributed by atoms with Gasteiger partial charge in [-0.15, -0.1) is 0 Å². The van der Waals surface area contributed by atoms with Crippen LogP contribution in [0.5, 0.6) is 5.75 Å². The number of nitrogens with one attached hydrogen (secondary N) is 1. The van der Waals surface area contributed by atoms with Crippen molar-refractivity contribution in [2.45, 2.75) is 19.3 Å². The Labute approximate surface area is 163 Å². The quantitative estimate of drug-likeness (QED) is 0.829. The van der Waals surface area contributed by atoms with Crippen molar-refractivity contribution in [3.05, 3.63) is 59.2 Å². The van der Waals surface area contributed by atoms with Crippen LogP contribution in [-0.4, -0.2) is 42.8 Å². The normalized spacial score (nSPS) is 14.0. The van der Waals surface area contributed by atoms with E-state index in [9.17, 15) is 14.4 Å². The molecule has 1 heterocycles. The van der Waals surface area contributed by atoms with Gasteiger partial charge in [0.05, 0.1) is 13.2 Å². The Morgan fingerprint density at radius 1 is 1.14 bits per heavy atom. The summed E-state index contributed by atoms with van der Waals surface area (Å²) in [7, 11) is 1.49. The predicted octanol–water partition coefficient (Wildman–Crippen LogP) is 2.17. The molecule has 1 aliphatic rings. The molecule has 0 bridgehead atoms. The highest BCUT2D eigenvalue weighted by atomic mass is 16.5. The van der Waals surface area contributed by atoms with E-state index in [1.165, 1.54) is 11.9 Å². The SMILES string of the molecule is CN(CC(N)=O)C(=O)c1cccc(NC(=O)c2ccc3c(c2)C(C)(C)CO3)c1. The van der Waals surface area contributed by atoms with E-state index in [1.807, 2.05) is 6.07 Å². The summed E-state index contributed by atoms with van der Waals surface area (Å²) in [6, 6.07) is 11.9. The summed E-state index contributed by atoms with van der Waals surface area (Å²) in [6.07, 6.45) is 0. The van der Waals surface area contributed by atoms with Crippen molar-refractivity contribution in [3.63, 3.8) is 0 Å². The van der Waals surface area contributed by atoms with Crippen LogP contribution in [0.25, 0.3) is 0 Å². The summed E-state index contributed by atoms with van der Waals surface area (Å²) in [5, 5.41) is 2.81. The van der Waals surface area contributed by atoms with E-state index in [4.69, 9.17) is 10.5 Å². The third-order valence-electron chi connectivity index (χ3n) is 4.67. The largest absolute Gasteiger partial charge is 0.492 e. The molecule has 2 aromatic rings. The minimum absolute atomic E-state index is 0.150. The number of hydrogen-bond donors (Lipinski definition) is 2. The minimum Gasteiger partial charge on any atom is -0.492 e. The van der Waals surface area contributed by atoms with Crippen LogP contribution in [0.4, 0.5) is 5.69 Å². The number of fused-ring (bicyclic) bond motifs is 1. The van der Waals surface area contributed by atoms with Crippen LogP contribution >= 0.6 is 0 Å². The Morgan fingerprint density at radius 3 is 2.61 bits per heavy atom. The third-order valence-corrected chi connectivity index (χ3v) is 4.67. The molecule has 1 aliphatic heterocycles. The molecule has 28 heavy (non-hydrogen) atoms. The second-order valence-corrected chi connectivity index (χ2v) is 7.55. The van der Waals surface area contributed by atoms with Gasteiger partial charge in [0.15, 0.2) is 0 Å². The molecule has 0 saturated heterocycles. The van der Waals surface area contributed by atoms with E-state index in [1.54, 1.807) is 36.4 Å². The van der Waals surface area contributed by atoms with E-state index in [0.29, 0.717) is 23.4 Å². The zero-order valence-electron chi connectivity index (χ0n) is 16.1. The number of ether oxygens (including phenoxy) is 1. The Balaban J connectivity index is 1.77. The van der Waals surface area contributed by atoms with Crippen molar-refractivity contribution in [1.29, 1.82) is 0 Å². The van der Waals surface area contributed by atoms with Crippen molar-refractivity contribution >= 4 is 23.4 Å². The molecule has 0 radical (unpaired) electrons. The Kier molecular flexibility index (Phi) is 5.09. The van der Waals surface area contributed by atoms with Crippen LogP contribution in [0.2, 0.25) is 0 Å². The molecule has 3 rings (SSSR count). The van der Waals surface area contributed by atoms with Crippen molar-refractivity contribution < 1.29 is 19.1 Å². The highest BCUT2D eigenvalue weighted by Gasteiger charge is 2.32. The molecular weight excluding hydrogens is 358 g/mol. The van der Waals surface area contributed by atoms with Crippen molar-refractivity contribution in [2.75, 3.05) is 25.5 Å². The van der Waals surface area contributed by atoms with E-state index in [-0.39, 0.29) is 23.8 Å². The van der Waals surface area contributed by atoms with Crippen molar-refractivity contribution in [3.8, 4) is 5.75 Å². The number of anilines is 1. The first-order valence-corrected chi connectivity index (χ1v) is 8.90. The van der Waals surface area contributed by atoms with E-state index < -0.39 is 5.91 Å². The lowest BCUT2D eigenvalue weighted by molar-refractivity contribution is -0.118. The van der Waals surface area contributed by atoms with Crippen LogP contribution in [0.15, 0.2) is 42.5 Å². The maximum absolute atomic E-state index is 12.7. The lowest BCUT2D eigenvalue weighted by atomic mass is 9.86. The summed E-state index contributed by atoms with van der Waals surface area (Å²) < 4.78 is 5.65. The average Bonchev–Trinajstić information content (AvgIpc) is 2.95. The molecule has 7 heteroatoms. The molecule has 3 amide bonds. The number of primary amides is 1. The Hall–Kier alpha value is -3.35. The molecule has 0 atom stereocenters. The fourth-order valence-corrected chi connectivity index (χ4v) is 3.12. The number of nitrogens with zero attached hydrogens (tertiary/aromatic N) is 1. The number of nitrogens with two attached hydrogens (primary N) is 1. The van der Waals surface area contributed by atoms with Crippen LogP contribution in [0, 0.1) is 0 Å². The van der Waals surface area contributed by atoms with Gasteiger partial charge in [-0.05, 0) is 36.4 Å². The van der Waals surface area contributed by atoms with Crippen LogP contribution < -0.4 is 15.8 Å².